The summed E-state index contributed by atoms with van der Waals surface area (Å²) < 4.78 is 0.917. The summed E-state index contributed by atoms with van der Waals surface area (Å²) in [6, 6.07) is 13.3. The van der Waals surface area contributed by atoms with Crippen molar-refractivity contribution in [3.63, 3.8) is 0 Å². The smallest absolute Gasteiger partial charge is 0.235 e. The minimum absolute atomic E-state index is 0.0963. The molecule has 1 aromatic heterocycles. The zero-order valence-electron chi connectivity index (χ0n) is 16.4. The molecule has 0 fully saturated rings. The monoisotopic (exact) mass is 451 g/mol. The number of aryl methyl sites for hydroxylation is 1. The first-order valence-electron chi connectivity index (χ1n) is 9.75. The van der Waals surface area contributed by atoms with Crippen molar-refractivity contribution in [3.8, 4) is 0 Å². The second-order valence-electron chi connectivity index (χ2n) is 7.55. The number of pyridine rings is 1. The van der Waals surface area contributed by atoms with E-state index in [9.17, 15) is 9.59 Å². The van der Waals surface area contributed by atoms with E-state index < -0.39 is 5.92 Å². The van der Waals surface area contributed by atoms with Gasteiger partial charge in [-0.2, -0.15) is 0 Å². The van der Waals surface area contributed by atoms with Crippen LogP contribution in [0.4, 0.5) is 5.82 Å². The molecule has 0 saturated heterocycles. The number of benzene rings is 1. The summed E-state index contributed by atoms with van der Waals surface area (Å²) in [5.41, 5.74) is 4.02. The molecule has 1 aliphatic heterocycles. The Kier molecular flexibility index (Phi) is 5.46. The number of carbonyl (C=O) groups is 2. The number of Topliss-reactive ketones (excluding diaryl/α,β-unsaturated/α-hetero) is 1. The van der Waals surface area contributed by atoms with Crippen molar-refractivity contribution in [2.45, 2.75) is 39.0 Å². The van der Waals surface area contributed by atoms with Crippen LogP contribution in [0.5, 0.6) is 0 Å². The van der Waals surface area contributed by atoms with Crippen LogP contribution in [0.15, 0.2) is 63.2 Å². The lowest BCUT2D eigenvalue weighted by Crippen LogP contribution is -2.39. The number of hydrogen-bond donors (Lipinski definition) is 1. The van der Waals surface area contributed by atoms with Gasteiger partial charge in [-0.25, -0.2) is 4.98 Å². The highest BCUT2D eigenvalue weighted by Crippen LogP contribution is 2.43. The SMILES string of the molecule is CC1=NC2=C(C(=O)CCC2)[C@@H](c2cccc(Br)c2)C1C(=O)Nc1cccc(C)n1. The molecular formula is C23H22BrN3O2. The number of halogens is 1. The second-order valence-corrected chi connectivity index (χ2v) is 8.47. The molecule has 29 heavy (non-hydrogen) atoms. The summed E-state index contributed by atoms with van der Waals surface area (Å²) in [6.07, 6.45) is 2.09. The molecule has 148 valence electrons. The van der Waals surface area contributed by atoms with E-state index in [0.717, 1.165) is 40.0 Å². The number of nitrogens with one attached hydrogen (secondary N) is 1. The first-order chi connectivity index (χ1) is 13.9. The fourth-order valence-electron chi connectivity index (χ4n) is 4.22. The van der Waals surface area contributed by atoms with Crippen LogP contribution in [0, 0.1) is 12.8 Å². The topological polar surface area (TPSA) is 71.4 Å². The third-order valence-electron chi connectivity index (χ3n) is 5.46. The Labute approximate surface area is 178 Å². The number of carbonyl (C=O) groups excluding carboxylic acids is 2. The molecule has 1 amide bonds. The van der Waals surface area contributed by atoms with Gasteiger partial charge in [0, 0.05) is 39.5 Å². The van der Waals surface area contributed by atoms with Crippen LogP contribution >= 0.6 is 15.9 Å². The molecule has 0 bridgehead atoms. The molecule has 1 unspecified atom stereocenters. The van der Waals surface area contributed by atoms with Gasteiger partial charge in [-0.3, -0.25) is 14.6 Å². The lowest BCUT2D eigenvalue weighted by Gasteiger charge is -2.35. The van der Waals surface area contributed by atoms with Crippen LogP contribution in [0.1, 0.15) is 43.4 Å². The summed E-state index contributed by atoms with van der Waals surface area (Å²) in [4.78, 5) is 35.3. The number of aliphatic imine (C=N–C) groups is 1. The Balaban J connectivity index is 1.78. The maximum absolute atomic E-state index is 13.4. The van der Waals surface area contributed by atoms with Gasteiger partial charge >= 0.3 is 0 Å². The van der Waals surface area contributed by atoms with Gasteiger partial charge in [0.05, 0.1) is 5.92 Å². The van der Waals surface area contributed by atoms with Crippen molar-refractivity contribution in [1.29, 1.82) is 0 Å². The quantitative estimate of drug-likeness (QED) is 0.715. The summed E-state index contributed by atoms with van der Waals surface area (Å²) in [7, 11) is 0. The van der Waals surface area contributed by atoms with Crippen molar-refractivity contribution in [1.82, 2.24) is 4.98 Å². The number of amides is 1. The Morgan fingerprint density at radius 1 is 1.14 bits per heavy atom. The maximum atomic E-state index is 13.4. The van der Waals surface area contributed by atoms with Crippen LogP contribution in [-0.4, -0.2) is 22.4 Å². The summed E-state index contributed by atoms with van der Waals surface area (Å²) in [6.45, 7) is 3.76. The number of anilines is 1. The van der Waals surface area contributed by atoms with Crippen molar-refractivity contribution < 1.29 is 9.59 Å². The fourth-order valence-corrected chi connectivity index (χ4v) is 4.64. The van der Waals surface area contributed by atoms with Gasteiger partial charge < -0.3 is 5.32 Å². The van der Waals surface area contributed by atoms with E-state index in [1.54, 1.807) is 6.07 Å². The predicted molar refractivity (Wildman–Crippen MR) is 117 cm³/mol. The van der Waals surface area contributed by atoms with Crippen LogP contribution < -0.4 is 5.32 Å². The first-order valence-corrected chi connectivity index (χ1v) is 10.5. The standard InChI is InChI=1S/C23H22BrN3O2/c1-13-6-3-11-19(25-13)27-23(29)20-14(2)26-17-9-5-10-18(28)22(17)21(20)15-7-4-8-16(24)12-15/h3-4,6-8,11-12,20-21H,5,9-10H2,1-2H3,(H,25,27,29)/t20?,21-/m0/s1. The molecule has 0 spiro atoms. The van der Waals surface area contributed by atoms with E-state index in [0.29, 0.717) is 17.8 Å². The molecular weight excluding hydrogens is 430 g/mol. The first kappa shape index (κ1) is 19.7. The lowest BCUT2D eigenvalue weighted by molar-refractivity contribution is -0.119. The average Bonchev–Trinajstić information content (AvgIpc) is 2.67. The van der Waals surface area contributed by atoms with Crippen molar-refractivity contribution in [2.24, 2.45) is 10.9 Å². The van der Waals surface area contributed by atoms with E-state index in [4.69, 9.17) is 4.99 Å². The van der Waals surface area contributed by atoms with Gasteiger partial charge in [0.15, 0.2) is 5.78 Å². The number of rotatable bonds is 3. The second kappa shape index (κ2) is 8.03. The molecule has 1 N–H and O–H groups in total. The van der Waals surface area contributed by atoms with Crippen LogP contribution in [-0.2, 0) is 9.59 Å². The van der Waals surface area contributed by atoms with Gasteiger partial charge in [0.25, 0.3) is 0 Å². The van der Waals surface area contributed by atoms with Crippen LogP contribution in [0.25, 0.3) is 0 Å². The summed E-state index contributed by atoms with van der Waals surface area (Å²) in [5, 5.41) is 2.93. The maximum Gasteiger partial charge on any atom is 0.235 e. The van der Waals surface area contributed by atoms with Gasteiger partial charge in [-0.1, -0.05) is 34.1 Å². The van der Waals surface area contributed by atoms with Crippen molar-refractivity contribution in [3.05, 3.63) is 69.5 Å². The third kappa shape index (κ3) is 3.94. The highest BCUT2D eigenvalue weighted by molar-refractivity contribution is 9.10. The fraction of sp³-hybridized carbons (Fsp3) is 0.304. The van der Waals surface area contributed by atoms with Crippen molar-refractivity contribution >= 4 is 39.1 Å². The summed E-state index contributed by atoms with van der Waals surface area (Å²) in [5.74, 6) is -0.506. The molecule has 2 heterocycles. The molecule has 1 aliphatic carbocycles. The van der Waals surface area contributed by atoms with E-state index in [2.05, 4.69) is 26.2 Å². The molecule has 0 radical (unpaired) electrons. The molecule has 0 saturated carbocycles. The zero-order valence-corrected chi connectivity index (χ0v) is 18.0. The van der Waals surface area contributed by atoms with Gasteiger partial charge in [0.1, 0.15) is 5.82 Å². The Morgan fingerprint density at radius 2 is 1.93 bits per heavy atom. The third-order valence-corrected chi connectivity index (χ3v) is 5.96. The number of aromatic nitrogens is 1. The summed E-state index contributed by atoms with van der Waals surface area (Å²) >= 11 is 3.52. The lowest BCUT2D eigenvalue weighted by atomic mass is 9.71. The van der Waals surface area contributed by atoms with E-state index in [-0.39, 0.29) is 17.6 Å². The van der Waals surface area contributed by atoms with Crippen LogP contribution in [0.2, 0.25) is 0 Å². The Morgan fingerprint density at radius 3 is 2.69 bits per heavy atom. The van der Waals surface area contributed by atoms with Gasteiger partial charge in [-0.15, -0.1) is 0 Å². The van der Waals surface area contributed by atoms with Crippen molar-refractivity contribution in [2.75, 3.05) is 5.32 Å². The minimum Gasteiger partial charge on any atom is -0.310 e. The van der Waals surface area contributed by atoms with E-state index in [1.807, 2.05) is 50.2 Å². The normalized spacial score (nSPS) is 21.5. The average molecular weight is 452 g/mol. The number of hydrogen-bond acceptors (Lipinski definition) is 4. The molecule has 2 aliphatic rings. The number of nitrogens with zero attached hydrogens (tertiary/aromatic N) is 2. The van der Waals surface area contributed by atoms with Crippen LogP contribution in [0.3, 0.4) is 0 Å². The Bertz CT molecular complexity index is 1060. The molecule has 2 atom stereocenters. The predicted octanol–water partition coefficient (Wildman–Crippen LogP) is 4.97. The molecule has 4 rings (SSSR count). The zero-order chi connectivity index (χ0) is 20.5. The molecule has 5 nitrogen and oxygen atoms in total. The molecule has 1 aromatic carbocycles. The van der Waals surface area contributed by atoms with Gasteiger partial charge in [-0.05, 0) is 56.5 Å². The van der Waals surface area contributed by atoms with Gasteiger partial charge in [0.2, 0.25) is 5.91 Å². The van der Waals surface area contributed by atoms with E-state index in [1.165, 1.54) is 0 Å². The minimum atomic E-state index is -0.563. The largest absolute Gasteiger partial charge is 0.310 e. The number of allylic oxidation sites excluding steroid dienone is 2. The Hall–Kier alpha value is -2.60. The highest BCUT2D eigenvalue weighted by Gasteiger charge is 2.42. The molecule has 2 aromatic rings. The van der Waals surface area contributed by atoms with E-state index >= 15 is 0 Å². The highest BCUT2D eigenvalue weighted by atomic mass is 79.9. The number of ketones is 1. The molecule has 6 heteroatoms.